The van der Waals surface area contributed by atoms with Crippen LogP contribution in [0.1, 0.15) is 11.4 Å². The normalized spacial score (nSPS) is 13.3. The highest BCUT2D eigenvalue weighted by Crippen LogP contribution is 2.31. The number of fused-ring (bicyclic) bond motifs is 1. The van der Waals surface area contributed by atoms with Gasteiger partial charge in [-0.1, -0.05) is 29.8 Å². The van der Waals surface area contributed by atoms with Crippen LogP contribution in [-0.4, -0.2) is 55.9 Å². The predicted molar refractivity (Wildman–Crippen MR) is 158 cm³/mol. The molecule has 0 aliphatic carbocycles. The van der Waals surface area contributed by atoms with E-state index < -0.39 is 0 Å². The first-order valence-electron chi connectivity index (χ1n) is 12.3. The summed E-state index contributed by atoms with van der Waals surface area (Å²) in [4.78, 5) is 22.4. The molecule has 0 radical (unpaired) electrons. The number of carbonyl (C=O) groups is 1. The Hall–Kier alpha value is -4.23. The van der Waals surface area contributed by atoms with Gasteiger partial charge in [0.1, 0.15) is 11.9 Å². The zero-order valence-electron chi connectivity index (χ0n) is 21.6. The van der Waals surface area contributed by atoms with E-state index in [-0.39, 0.29) is 24.9 Å². The Bertz CT molecular complexity index is 1540. The number of nitrogens with one attached hydrogen (secondary N) is 2. The number of rotatable bonds is 8. The van der Waals surface area contributed by atoms with Gasteiger partial charge in [-0.15, -0.1) is 12.4 Å². The quantitative estimate of drug-likeness (QED) is 0.262. The first-order valence-corrected chi connectivity index (χ1v) is 12.7. The molecule has 1 aromatic heterocycles. The molecule has 206 valence electrons. The van der Waals surface area contributed by atoms with E-state index in [1.807, 2.05) is 36.4 Å². The summed E-state index contributed by atoms with van der Waals surface area (Å²) in [6.07, 6.45) is 1.71. The molecular formula is C29H27Cl2N5O4. The van der Waals surface area contributed by atoms with Gasteiger partial charge in [-0.05, 0) is 54.1 Å². The van der Waals surface area contributed by atoms with Crippen LogP contribution in [0.3, 0.4) is 0 Å². The number of allylic oxidation sites excluding steroid dienone is 1. The van der Waals surface area contributed by atoms with Gasteiger partial charge in [0.2, 0.25) is 0 Å². The number of H-pyrrole nitrogens is 1. The Morgan fingerprint density at radius 3 is 2.70 bits per heavy atom. The molecule has 1 saturated heterocycles. The summed E-state index contributed by atoms with van der Waals surface area (Å²) in [5.74, 6) is 0.963. The number of morpholine rings is 1. The average Bonchev–Trinajstić information content (AvgIpc) is 3.40. The highest BCUT2D eigenvalue weighted by Gasteiger charge is 2.16. The summed E-state index contributed by atoms with van der Waals surface area (Å²) in [7, 11) is 1.51. The molecule has 0 atom stereocenters. The van der Waals surface area contributed by atoms with Crippen LogP contribution in [0, 0.1) is 11.3 Å². The number of halogens is 2. The number of ether oxygens (including phenoxy) is 3. The Morgan fingerprint density at radius 1 is 1.18 bits per heavy atom. The van der Waals surface area contributed by atoms with Crippen LogP contribution in [0.25, 0.3) is 22.7 Å². The Labute approximate surface area is 242 Å². The van der Waals surface area contributed by atoms with Crippen LogP contribution in [0.15, 0.2) is 60.7 Å². The Morgan fingerprint density at radius 2 is 1.98 bits per heavy atom. The molecule has 1 amide bonds. The van der Waals surface area contributed by atoms with Crippen molar-refractivity contribution in [3.63, 3.8) is 0 Å². The van der Waals surface area contributed by atoms with Gasteiger partial charge >= 0.3 is 0 Å². The minimum atomic E-state index is -0.340. The van der Waals surface area contributed by atoms with E-state index in [4.69, 9.17) is 25.8 Å². The molecule has 11 heteroatoms. The minimum absolute atomic E-state index is 0. The SMILES string of the molecule is COc1cc(/C=C(\C#N)c2nc3ccccc3[nH]2)ccc1OCC(=O)Nc1ccc(N2CCOCC2)c(Cl)c1.Cl. The van der Waals surface area contributed by atoms with Crippen molar-refractivity contribution in [3.8, 4) is 17.6 Å². The molecule has 0 saturated carbocycles. The molecule has 1 aliphatic heterocycles. The summed E-state index contributed by atoms with van der Waals surface area (Å²) < 4.78 is 16.6. The van der Waals surface area contributed by atoms with E-state index in [0.29, 0.717) is 46.8 Å². The van der Waals surface area contributed by atoms with E-state index in [1.54, 1.807) is 30.3 Å². The fourth-order valence-electron chi connectivity index (χ4n) is 4.28. The van der Waals surface area contributed by atoms with E-state index in [0.717, 1.165) is 35.4 Å². The molecule has 40 heavy (non-hydrogen) atoms. The molecule has 0 unspecified atom stereocenters. The molecule has 4 aromatic rings. The number of hydrogen-bond donors (Lipinski definition) is 2. The topological polar surface area (TPSA) is 112 Å². The third kappa shape index (κ3) is 6.66. The molecule has 5 rings (SSSR count). The van der Waals surface area contributed by atoms with Gasteiger partial charge in [0.05, 0.1) is 47.6 Å². The lowest BCUT2D eigenvalue weighted by atomic mass is 10.1. The molecule has 9 nitrogen and oxygen atoms in total. The van der Waals surface area contributed by atoms with Crippen LogP contribution in [0.4, 0.5) is 11.4 Å². The van der Waals surface area contributed by atoms with Crippen molar-refractivity contribution in [1.29, 1.82) is 5.26 Å². The van der Waals surface area contributed by atoms with Crippen molar-refractivity contribution < 1.29 is 19.0 Å². The fraction of sp³-hybridized carbons (Fsp3) is 0.207. The molecule has 0 spiro atoms. The van der Waals surface area contributed by atoms with Crippen molar-refractivity contribution in [2.24, 2.45) is 0 Å². The maximum Gasteiger partial charge on any atom is 0.262 e. The lowest BCUT2D eigenvalue weighted by Gasteiger charge is -2.29. The number of carbonyl (C=O) groups excluding carboxylic acids is 1. The second-order valence-corrected chi connectivity index (χ2v) is 9.19. The average molecular weight is 580 g/mol. The van der Waals surface area contributed by atoms with Crippen molar-refractivity contribution >= 4 is 64.0 Å². The number of imidazole rings is 1. The van der Waals surface area contributed by atoms with E-state index >= 15 is 0 Å². The number of methoxy groups -OCH3 is 1. The molecule has 2 N–H and O–H groups in total. The van der Waals surface area contributed by atoms with Crippen molar-refractivity contribution in [2.75, 3.05) is 50.2 Å². The van der Waals surface area contributed by atoms with E-state index in [1.165, 1.54) is 7.11 Å². The zero-order chi connectivity index (χ0) is 27.2. The minimum Gasteiger partial charge on any atom is -0.493 e. The monoisotopic (exact) mass is 579 g/mol. The van der Waals surface area contributed by atoms with E-state index in [2.05, 4.69) is 26.3 Å². The number of aromatic amines is 1. The van der Waals surface area contributed by atoms with Gasteiger partial charge < -0.3 is 29.4 Å². The smallest absolute Gasteiger partial charge is 0.262 e. The maximum absolute atomic E-state index is 12.6. The van der Waals surface area contributed by atoms with Gasteiger partial charge in [0.25, 0.3) is 5.91 Å². The highest BCUT2D eigenvalue weighted by molar-refractivity contribution is 6.33. The molecule has 0 bridgehead atoms. The van der Waals surface area contributed by atoms with Gasteiger partial charge in [-0.3, -0.25) is 4.79 Å². The van der Waals surface area contributed by atoms with Crippen LogP contribution < -0.4 is 19.7 Å². The van der Waals surface area contributed by atoms with Crippen LogP contribution in [0.2, 0.25) is 5.02 Å². The maximum atomic E-state index is 12.6. The van der Waals surface area contributed by atoms with Crippen molar-refractivity contribution in [3.05, 3.63) is 77.1 Å². The molecule has 2 heterocycles. The summed E-state index contributed by atoms with van der Waals surface area (Å²) in [6, 6.07) is 20.4. The van der Waals surface area contributed by atoms with Crippen LogP contribution in [0.5, 0.6) is 11.5 Å². The third-order valence-corrected chi connectivity index (χ3v) is 6.51. The van der Waals surface area contributed by atoms with Gasteiger partial charge in [0.15, 0.2) is 18.1 Å². The van der Waals surface area contributed by atoms with Crippen molar-refractivity contribution in [1.82, 2.24) is 9.97 Å². The van der Waals surface area contributed by atoms with Gasteiger partial charge in [-0.2, -0.15) is 5.26 Å². The Balaban J connectivity index is 0.00000370. The van der Waals surface area contributed by atoms with Crippen LogP contribution in [-0.2, 0) is 9.53 Å². The lowest BCUT2D eigenvalue weighted by molar-refractivity contribution is -0.118. The number of benzene rings is 3. The number of anilines is 2. The summed E-state index contributed by atoms with van der Waals surface area (Å²) in [6.45, 7) is 2.64. The van der Waals surface area contributed by atoms with Gasteiger partial charge in [-0.25, -0.2) is 4.98 Å². The number of amides is 1. The summed E-state index contributed by atoms with van der Waals surface area (Å²) in [5.41, 5.74) is 4.21. The highest BCUT2D eigenvalue weighted by atomic mass is 35.5. The van der Waals surface area contributed by atoms with E-state index in [9.17, 15) is 10.1 Å². The number of nitriles is 1. The lowest BCUT2D eigenvalue weighted by Crippen LogP contribution is -2.36. The largest absolute Gasteiger partial charge is 0.493 e. The number of hydrogen-bond acceptors (Lipinski definition) is 7. The second kappa shape index (κ2) is 13.2. The van der Waals surface area contributed by atoms with Gasteiger partial charge in [0, 0.05) is 18.8 Å². The number of nitrogens with zero attached hydrogens (tertiary/aromatic N) is 3. The zero-order valence-corrected chi connectivity index (χ0v) is 23.2. The first kappa shape index (κ1) is 28.8. The summed E-state index contributed by atoms with van der Waals surface area (Å²) in [5, 5.41) is 13.1. The Kier molecular flexibility index (Phi) is 9.51. The third-order valence-electron chi connectivity index (χ3n) is 6.21. The standard InChI is InChI=1S/C29H26ClN5O4.ClH/c1-37-27-15-19(14-20(17-31)29-33-23-4-2-3-5-24(23)34-29)6-9-26(27)39-18-28(36)32-21-7-8-25(22(30)16-21)35-10-12-38-13-11-35;/h2-9,14-16H,10-13,18H2,1H3,(H,32,36)(H,33,34);1H/b20-14+;. The molecule has 1 fully saturated rings. The molecular weight excluding hydrogens is 553 g/mol. The first-order chi connectivity index (χ1) is 19.0. The number of para-hydroxylation sites is 2. The summed E-state index contributed by atoms with van der Waals surface area (Å²) >= 11 is 6.47. The molecule has 3 aromatic carbocycles. The second-order valence-electron chi connectivity index (χ2n) is 8.79. The molecule has 1 aliphatic rings. The predicted octanol–water partition coefficient (Wildman–Crippen LogP) is 5.56. The van der Waals surface area contributed by atoms with Crippen molar-refractivity contribution in [2.45, 2.75) is 0 Å². The fourth-order valence-corrected chi connectivity index (χ4v) is 4.58. The number of aromatic nitrogens is 2. The van der Waals surface area contributed by atoms with Crippen LogP contribution >= 0.6 is 24.0 Å².